The van der Waals surface area contributed by atoms with Crippen molar-refractivity contribution in [1.29, 1.82) is 0 Å². The van der Waals surface area contributed by atoms with Crippen molar-refractivity contribution in [3.05, 3.63) is 30.0 Å². The molecule has 0 bridgehead atoms. The quantitative estimate of drug-likeness (QED) is 0.574. The van der Waals surface area contributed by atoms with E-state index in [2.05, 4.69) is 10.2 Å². The standard InChI is InChI=1S/C12H17N3O2/c1-4-5-6-9-17-12(16)10-7-8-11(14-13-10)15(2)3/h5-8H,4,9H2,1-3H3. The van der Waals surface area contributed by atoms with Crippen LogP contribution in [0.3, 0.4) is 0 Å². The number of anilines is 1. The summed E-state index contributed by atoms with van der Waals surface area (Å²) in [6.45, 7) is 2.29. The van der Waals surface area contributed by atoms with E-state index in [4.69, 9.17) is 4.74 Å². The molecule has 0 N–H and O–H groups in total. The van der Waals surface area contributed by atoms with E-state index in [-0.39, 0.29) is 12.3 Å². The maximum Gasteiger partial charge on any atom is 0.359 e. The maximum atomic E-state index is 11.5. The van der Waals surface area contributed by atoms with Crippen LogP contribution in [0, 0.1) is 0 Å². The van der Waals surface area contributed by atoms with E-state index >= 15 is 0 Å². The Hall–Kier alpha value is -1.91. The molecule has 1 aromatic rings. The van der Waals surface area contributed by atoms with Crippen LogP contribution in [0.1, 0.15) is 23.8 Å². The van der Waals surface area contributed by atoms with Crippen LogP contribution in [-0.2, 0) is 4.74 Å². The number of nitrogens with zero attached hydrogens (tertiary/aromatic N) is 3. The first-order valence-corrected chi connectivity index (χ1v) is 5.48. The molecule has 0 atom stereocenters. The van der Waals surface area contributed by atoms with Crippen molar-refractivity contribution in [1.82, 2.24) is 10.2 Å². The molecule has 0 unspecified atom stereocenters. The van der Waals surface area contributed by atoms with Gasteiger partial charge >= 0.3 is 5.97 Å². The monoisotopic (exact) mass is 235 g/mol. The second-order valence-electron chi connectivity index (χ2n) is 3.65. The van der Waals surface area contributed by atoms with Crippen LogP contribution >= 0.6 is 0 Å². The van der Waals surface area contributed by atoms with Crippen LogP contribution in [0.15, 0.2) is 24.3 Å². The number of allylic oxidation sites excluding steroid dienone is 1. The lowest BCUT2D eigenvalue weighted by atomic mass is 10.4. The van der Waals surface area contributed by atoms with E-state index in [0.717, 1.165) is 6.42 Å². The molecule has 5 heteroatoms. The highest BCUT2D eigenvalue weighted by Gasteiger charge is 2.09. The minimum atomic E-state index is -0.455. The van der Waals surface area contributed by atoms with Gasteiger partial charge in [-0.3, -0.25) is 0 Å². The van der Waals surface area contributed by atoms with Crippen LogP contribution in [0.25, 0.3) is 0 Å². The smallest absolute Gasteiger partial charge is 0.359 e. The van der Waals surface area contributed by atoms with E-state index in [9.17, 15) is 4.79 Å². The lowest BCUT2D eigenvalue weighted by Gasteiger charge is -2.09. The Bertz CT molecular complexity index is 385. The molecule has 5 nitrogen and oxygen atoms in total. The average molecular weight is 235 g/mol. The van der Waals surface area contributed by atoms with Crippen molar-refractivity contribution in [2.24, 2.45) is 0 Å². The Morgan fingerprint density at radius 3 is 2.65 bits per heavy atom. The molecule has 17 heavy (non-hydrogen) atoms. The van der Waals surface area contributed by atoms with Crippen LogP contribution in [0.2, 0.25) is 0 Å². The van der Waals surface area contributed by atoms with Crippen molar-refractivity contribution in [2.75, 3.05) is 25.6 Å². The van der Waals surface area contributed by atoms with Crippen molar-refractivity contribution < 1.29 is 9.53 Å². The zero-order valence-corrected chi connectivity index (χ0v) is 10.4. The van der Waals surface area contributed by atoms with Gasteiger partial charge in [-0.15, -0.1) is 10.2 Å². The number of hydrogen-bond acceptors (Lipinski definition) is 5. The molecule has 0 aliphatic heterocycles. The van der Waals surface area contributed by atoms with Crippen LogP contribution in [-0.4, -0.2) is 36.9 Å². The third-order valence-electron chi connectivity index (χ3n) is 2.03. The summed E-state index contributed by atoms with van der Waals surface area (Å²) in [5, 5.41) is 7.71. The van der Waals surface area contributed by atoms with Gasteiger partial charge in [0.15, 0.2) is 11.5 Å². The zero-order chi connectivity index (χ0) is 12.7. The van der Waals surface area contributed by atoms with E-state index in [1.165, 1.54) is 0 Å². The molecule has 0 radical (unpaired) electrons. The van der Waals surface area contributed by atoms with Gasteiger partial charge in [0, 0.05) is 14.1 Å². The molecule has 0 saturated carbocycles. The van der Waals surface area contributed by atoms with Gasteiger partial charge in [0.1, 0.15) is 6.61 Å². The molecule has 0 aliphatic carbocycles. The normalized spacial score (nSPS) is 10.5. The fourth-order valence-corrected chi connectivity index (χ4v) is 1.11. The summed E-state index contributed by atoms with van der Waals surface area (Å²) in [6, 6.07) is 3.33. The molecule has 0 aromatic carbocycles. The highest BCUT2D eigenvalue weighted by atomic mass is 16.5. The van der Waals surface area contributed by atoms with E-state index < -0.39 is 5.97 Å². The van der Waals surface area contributed by atoms with Gasteiger partial charge in [-0.2, -0.15) is 0 Å². The molecule has 0 fully saturated rings. The van der Waals surface area contributed by atoms with Gasteiger partial charge in [0.25, 0.3) is 0 Å². The van der Waals surface area contributed by atoms with Crippen LogP contribution in [0.4, 0.5) is 5.82 Å². The Morgan fingerprint density at radius 2 is 2.12 bits per heavy atom. The summed E-state index contributed by atoms with van der Waals surface area (Å²) < 4.78 is 4.99. The Morgan fingerprint density at radius 1 is 1.35 bits per heavy atom. The predicted molar refractivity (Wildman–Crippen MR) is 66.1 cm³/mol. The number of esters is 1. The van der Waals surface area contributed by atoms with Crippen molar-refractivity contribution in [2.45, 2.75) is 13.3 Å². The molecule has 92 valence electrons. The second-order valence-corrected chi connectivity index (χ2v) is 3.65. The Kier molecular flexibility index (Phi) is 5.13. The fraction of sp³-hybridized carbons (Fsp3) is 0.417. The van der Waals surface area contributed by atoms with Gasteiger partial charge in [-0.05, 0) is 18.6 Å². The summed E-state index contributed by atoms with van der Waals surface area (Å²) in [5.74, 6) is 0.246. The van der Waals surface area contributed by atoms with E-state index in [1.54, 1.807) is 18.2 Å². The van der Waals surface area contributed by atoms with Crippen molar-refractivity contribution in [3.8, 4) is 0 Å². The molecule has 1 aromatic heterocycles. The fourth-order valence-electron chi connectivity index (χ4n) is 1.11. The van der Waals surface area contributed by atoms with Gasteiger partial charge in [-0.1, -0.05) is 19.1 Å². The minimum Gasteiger partial charge on any atom is -0.457 e. The van der Waals surface area contributed by atoms with Gasteiger partial charge in [0.05, 0.1) is 0 Å². The zero-order valence-electron chi connectivity index (χ0n) is 10.4. The number of aromatic nitrogens is 2. The average Bonchev–Trinajstić information content (AvgIpc) is 2.34. The SMILES string of the molecule is CCC=CCOC(=O)c1ccc(N(C)C)nn1. The summed E-state index contributed by atoms with van der Waals surface area (Å²) >= 11 is 0. The van der Waals surface area contributed by atoms with Crippen LogP contribution in [0.5, 0.6) is 0 Å². The molecule has 1 rings (SSSR count). The number of carbonyl (C=O) groups is 1. The molecular weight excluding hydrogens is 218 g/mol. The summed E-state index contributed by atoms with van der Waals surface area (Å²) in [7, 11) is 3.72. The molecule has 1 heterocycles. The number of hydrogen-bond donors (Lipinski definition) is 0. The summed E-state index contributed by atoms with van der Waals surface area (Å²) in [4.78, 5) is 13.3. The van der Waals surface area contributed by atoms with E-state index in [1.807, 2.05) is 32.0 Å². The largest absolute Gasteiger partial charge is 0.457 e. The number of rotatable bonds is 5. The summed E-state index contributed by atoms with van der Waals surface area (Å²) in [6.07, 6.45) is 4.67. The third kappa shape index (κ3) is 4.22. The first-order valence-electron chi connectivity index (χ1n) is 5.48. The minimum absolute atomic E-state index is 0.223. The van der Waals surface area contributed by atoms with Gasteiger partial charge < -0.3 is 9.64 Å². The van der Waals surface area contributed by atoms with Crippen molar-refractivity contribution in [3.63, 3.8) is 0 Å². The Labute approximate surface area is 101 Å². The molecule has 0 spiro atoms. The lowest BCUT2D eigenvalue weighted by molar-refractivity contribution is 0.0541. The van der Waals surface area contributed by atoms with Gasteiger partial charge in [-0.25, -0.2) is 4.79 Å². The lowest BCUT2D eigenvalue weighted by Crippen LogP contribution is -2.14. The molecule has 0 saturated heterocycles. The third-order valence-corrected chi connectivity index (χ3v) is 2.03. The first-order chi connectivity index (χ1) is 8.15. The Balaban J connectivity index is 2.55. The number of ether oxygens (including phenoxy) is 1. The van der Waals surface area contributed by atoms with Crippen molar-refractivity contribution >= 4 is 11.8 Å². The first kappa shape index (κ1) is 13.2. The molecule has 0 amide bonds. The second kappa shape index (κ2) is 6.62. The van der Waals surface area contributed by atoms with E-state index in [0.29, 0.717) is 5.82 Å². The maximum absolute atomic E-state index is 11.5. The topological polar surface area (TPSA) is 55.3 Å². The highest BCUT2D eigenvalue weighted by molar-refractivity contribution is 5.87. The molecular formula is C12H17N3O2. The van der Waals surface area contributed by atoms with Crippen LogP contribution < -0.4 is 4.90 Å². The summed E-state index contributed by atoms with van der Waals surface area (Å²) in [5.41, 5.74) is 0.223. The highest BCUT2D eigenvalue weighted by Crippen LogP contribution is 2.05. The number of carbonyl (C=O) groups excluding carboxylic acids is 1. The molecule has 0 aliphatic rings. The predicted octanol–water partition coefficient (Wildman–Crippen LogP) is 1.67. The van der Waals surface area contributed by atoms with Gasteiger partial charge in [0.2, 0.25) is 0 Å².